The molecule has 69 heavy (non-hydrogen) atoms. The maximum atomic E-state index is 14.1. The Morgan fingerprint density at radius 1 is 0.841 bits per heavy atom. The Hall–Kier alpha value is -6.69. The van der Waals surface area contributed by atoms with E-state index in [4.69, 9.17) is 29.2 Å². The molecular formula is C51H60N10O7S. The molecule has 1 unspecified atom stereocenters. The molecule has 3 fully saturated rings. The second kappa shape index (κ2) is 18.3. The van der Waals surface area contributed by atoms with Crippen molar-refractivity contribution in [2.45, 2.75) is 117 Å². The van der Waals surface area contributed by atoms with Gasteiger partial charge in [0.25, 0.3) is 0 Å². The van der Waals surface area contributed by atoms with Crippen molar-refractivity contribution in [2.75, 3.05) is 20.8 Å². The van der Waals surface area contributed by atoms with E-state index in [0.717, 1.165) is 110 Å². The van der Waals surface area contributed by atoms with Gasteiger partial charge in [-0.15, -0.1) is 11.3 Å². The number of piperidine rings is 1. The van der Waals surface area contributed by atoms with Gasteiger partial charge < -0.3 is 44.6 Å². The largest absolute Gasteiger partial charge is 0.464 e. The average Bonchev–Trinajstić information content (AvgIpc) is 4.10. The summed E-state index contributed by atoms with van der Waals surface area (Å²) in [6.45, 7) is 12.5. The van der Waals surface area contributed by atoms with E-state index in [9.17, 15) is 19.2 Å². The fourth-order valence-electron chi connectivity index (χ4n) is 10.7. The summed E-state index contributed by atoms with van der Waals surface area (Å²) in [5.41, 5.74) is 7.58. The van der Waals surface area contributed by atoms with Crippen LogP contribution >= 0.6 is 11.3 Å². The number of carbonyl (C=O) groups excluding carboxylic acids is 4. The number of nitrogens with one attached hydrogen (secondary N) is 4. The van der Waals surface area contributed by atoms with Gasteiger partial charge in [-0.3, -0.25) is 14.2 Å². The molecule has 2 aromatic carbocycles. The Morgan fingerprint density at radius 3 is 2.20 bits per heavy atom. The van der Waals surface area contributed by atoms with E-state index in [-0.39, 0.29) is 41.8 Å². The first-order chi connectivity index (χ1) is 33.3. The zero-order valence-corrected chi connectivity index (χ0v) is 41.1. The fourth-order valence-corrected chi connectivity index (χ4v) is 11.7. The van der Waals surface area contributed by atoms with E-state index in [1.165, 1.54) is 14.2 Å². The molecule has 1 saturated carbocycles. The van der Waals surface area contributed by atoms with E-state index < -0.39 is 30.5 Å². The smallest absolute Gasteiger partial charge is 0.407 e. The van der Waals surface area contributed by atoms with Crippen LogP contribution < -0.4 is 15.4 Å². The van der Waals surface area contributed by atoms with Crippen LogP contribution in [0.4, 0.5) is 9.59 Å². The van der Waals surface area contributed by atoms with Gasteiger partial charge >= 0.3 is 12.2 Å². The topological polar surface area (TPSA) is 202 Å². The number of alkyl carbamates (subject to hydrolysis) is 2. The van der Waals surface area contributed by atoms with Crippen LogP contribution in [-0.4, -0.2) is 102 Å². The summed E-state index contributed by atoms with van der Waals surface area (Å²) in [7, 11) is 2.60. The van der Waals surface area contributed by atoms with Crippen LogP contribution in [0.25, 0.3) is 44.7 Å². The van der Waals surface area contributed by atoms with Crippen molar-refractivity contribution in [3.05, 3.63) is 82.1 Å². The maximum absolute atomic E-state index is 14.1. The summed E-state index contributed by atoms with van der Waals surface area (Å²) in [5.74, 6) is 2.05. The van der Waals surface area contributed by atoms with Crippen molar-refractivity contribution in [3.8, 4) is 39.5 Å². The van der Waals surface area contributed by atoms with Crippen molar-refractivity contribution in [1.29, 1.82) is 0 Å². The molecule has 17 nitrogen and oxygen atoms in total. The molecule has 0 spiro atoms. The lowest BCUT2D eigenvalue weighted by molar-refractivity contribution is -0.137. The van der Waals surface area contributed by atoms with Crippen LogP contribution in [0.2, 0.25) is 0 Å². The average molecular weight is 957 g/mol. The Balaban J connectivity index is 0.965. The number of aromatic amines is 2. The Morgan fingerprint density at radius 2 is 1.52 bits per heavy atom. The van der Waals surface area contributed by atoms with Crippen LogP contribution in [0.5, 0.6) is 5.75 Å². The normalized spacial score (nSPS) is 21.2. The standard InChI is InChI=1S/C51H60N10O7S/c1-9-11-41-52-24-40(69-41)49-61-34-14-13-28(32-22-54-46(55-32)38-20-31-18-36(31)60(38)48(63)44(26(4)5)58-51(65)67-8)17-30(34)19-37(61)42-27(6)16-29(21-39(42)68-49)33-23-53-45(56-33)35-12-10-15-59(35)47(62)43(25(2)3)57-50(64)66-7/h13-14,16-17,19,21-26,31,35-36,38,43-44,49H,9-12,15,18,20H2,1-8H3,(H,53,56)(H,54,55)(H,57,64)(H,58,65)/t31-,35+,36-,38+,43+,44+,49?/m1/s1. The highest BCUT2D eigenvalue weighted by Gasteiger charge is 2.56. The Bertz CT molecular complexity index is 2950. The van der Waals surface area contributed by atoms with Gasteiger partial charge in [0.05, 0.1) is 71.2 Å². The van der Waals surface area contributed by atoms with Crippen molar-refractivity contribution in [3.63, 3.8) is 0 Å². The van der Waals surface area contributed by atoms with E-state index in [1.807, 2.05) is 56.1 Å². The van der Waals surface area contributed by atoms with E-state index in [2.05, 4.69) is 75.4 Å². The van der Waals surface area contributed by atoms with Gasteiger partial charge in [0.1, 0.15) is 29.5 Å². The van der Waals surface area contributed by atoms with Crippen molar-refractivity contribution >= 4 is 46.2 Å². The van der Waals surface area contributed by atoms with Gasteiger partial charge in [0.2, 0.25) is 18.0 Å². The molecule has 362 valence electrons. The third kappa shape index (κ3) is 8.39. The van der Waals surface area contributed by atoms with E-state index in [1.54, 1.807) is 11.3 Å². The number of likely N-dealkylation sites (tertiary alicyclic amines) is 2. The van der Waals surface area contributed by atoms with Crippen LogP contribution in [0, 0.1) is 24.7 Å². The summed E-state index contributed by atoms with van der Waals surface area (Å²) in [6, 6.07) is 11.1. The molecule has 10 rings (SSSR count). The molecular weight excluding hydrogens is 897 g/mol. The maximum Gasteiger partial charge on any atom is 0.407 e. The first-order valence-electron chi connectivity index (χ1n) is 24.1. The lowest BCUT2D eigenvalue weighted by Crippen LogP contribution is -2.52. The first-order valence-corrected chi connectivity index (χ1v) is 24.9. The van der Waals surface area contributed by atoms with Gasteiger partial charge in [0.15, 0.2) is 0 Å². The molecule has 7 heterocycles. The number of ether oxygens (including phenoxy) is 3. The quantitative estimate of drug-likeness (QED) is 0.0867. The predicted molar refractivity (Wildman–Crippen MR) is 260 cm³/mol. The molecule has 2 saturated heterocycles. The molecule has 0 bridgehead atoms. The first kappa shape index (κ1) is 46.1. The van der Waals surface area contributed by atoms with Crippen LogP contribution in [0.3, 0.4) is 0 Å². The highest BCUT2D eigenvalue weighted by molar-refractivity contribution is 7.11. The Labute approximate surface area is 404 Å². The monoisotopic (exact) mass is 956 g/mol. The van der Waals surface area contributed by atoms with Crippen LogP contribution in [0.15, 0.2) is 55.0 Å². The summed E-state index contributed by atoms with van der Waals surface area (Å²) < 4.78 is 19.0. The van der Waals surface area contributed by atoms with Crippen LogP contribution in [0.1, 0.15) is 112 Å². The summed E-state index contributed by atoms with van der Waals surface area (Å²) in [6.07, 6.45) is 9.08. The second-order valence-corrected chi connectivity index (χ2v) is 20.7. The number of benzene rings is 2. The number of carbonyl (C=O) groups is 4. The molecule has 1 aliphatic carbocycles. The number of aryl methyl sites for hydroxylation is 2. The molecule has 4 amide bonds. The molecule has 3 aliphatic heterocycles. The number of H-pyrrole nitrogens is 2. The van der Waals surface area contributed by atoms with Gasteiger partial charge in [-0.2, -0.15) is 0 Å². The van der Waals surface area contributed by atoms with Gasteiger partial charge in [-0.05, 0) is 99.1 Å². The number of hydrogen-bond donors (Lipinski definition) is 4. The highest BCUT2D eigenvalue weighted by atomic mass is 32.1. The fraction of sp³-hybridized carbons (Fsp3) is 0.471. The number of aromatic nitrogens is 6. The van der Waals surface area contributed by atoms with Crippen molar-refractivity contribution < 1.29 is 33.4 Å². The number of thiazole rings is 1. The summed E-state index contributed by atoms with van der Waals surface area (Å²) in [4.78, 5) is 78.7. The number of nitrogens with zero attached hydrogens (tertiary/aromatic N) is 6. The zero-order valence-electron chi connectivity index (χ0n) is 40.3. The highest BCUT2D eigenvalue weighted by Crippen LogP contribution is 2.54. The molecule has 4 aromatic heterocycles. The lowest BCUT2D eigenvalue weighted by atomic mass is 9.98. The van der Waals surface area contributed by atoms with Crippen molar-refractivity contribution in [2.24, 2.45) is 17.8 Å². The zero-order chi connectivity index (χ0) is 48.4. The number of hydrogen-bond acceptors (Lipinski definition) is 11. The molecule has 18 heteroatoms. The third-order valence-corrected chi connectivity index (χ3v) is 15.4. The predicted octanol–water partition coefficient (Wildman–Crippen LogP) is 8.83. The minimum Gasteiger partial charge on any atom is -0.464 e. The van der Waals surface area contributed by atoms with Gasteiger partial charge in [0, 0.05) is 40.9 Å². The second-order valence-electron chi connectivity index (χ2n) is 19.5. The number of rotatable bonds is 13. The number of methoxy groups -OCH3 is 2. The molecule has 7 atom stereocenters. The SMILES string of the molecule is CCCc1ncc(C2Oc3cc(-c4cnc([C@@H]5CCCN5C(=O)[C@@H](NC(=O)OC)C(C)C)[nH]4)cc(C)c3-c3cc4cc(-c5cnc([C@@H]6C[C@H]7C[C@H]7N6C(=O)[C@@H](NC(=O)OC)C(C)C)[nH]5)ccc4n32)s1. The minimum absolute atomic E-state index is 0.114. The molecule has 4 N–H and O–H groups in total. The van der Waals surface area contributed by atoms with Gasteiger partial charge in [-0.1, -0.05) is 40.7 Å². The number of imidazole rings is 2. The molecule has 4 aliphatic rings. The number of amides is 4. The molecule has 0 radical (unpaired) electrons. The lowest BCUT2D eigenvalue weighted by Gasteiger charge is -2.31. The Kier molecular flexibility index (Phi) is 12.2. The molecule has 6 aromatic rings. The summed E-state index contributed by atoms with van der Waals surface area (Å²) >= 11 is 1.67. The number of fused-ring (bicyclic) bond motifs is 6. The minimum atomic E-state index is -0.724. The van der Waals surface area contributed by atoms with Gasteiger partial charge in [-0.25, -0.2) is 24.5 Å². The van der Waals surface area contributed by atoms with Crippen LogP contribution in [-0.2, 0) is 25.5 Å². The van der Waals surface area contributed by atoms with E-state index in [0.29, 0.717) is 18.3 Å². The summed E-state index contributed by atoms with van der Waals surface area (Å²) in [5, 5.41) is 7.59. The third-order valence-electron chi connectivity index (χ3n) is 14.3. The van der Waals surface area contributed by atoms with E-state index >= 15 is 0 Å². The van der Waals surface area contributed by atoms with Crippen molar-refractivity contribution in [1.82, 2.24) is 49.9 Å².